The Morgan fingerprint density at radius 2 is 2.11 bits per heavy atom. The molecule has 0 saturated heterocycles. The van der Waals surface area contributed by atoms with E-state index in [1.165, 1.54) is 14.0 Å². The predicted octanol–water partition coefficient (Wildman–Crippen LogP) is -2.37. The van der Waals surface area contributed by atoms with Crippen LogP contribution in [-0.2, 0) is 32.0 Å². The van der Waals surface area contributed by atoms with Crippen molar-refractivity contribution in [3.63, 3.8) is 0 Å². The van der Waals surface area contributed by atoms with Gasteiger partial charge in [-0.05, 0) is 0 Å². The highest BCUT2D eigenvalue weighted by molar-refractivity contribution is 7.09. The van der Waals surface area contributed by atoms with Gasteiger partial charge in [0.05, 0.1) is 18.6 Å². The second kappa shape index (κ2) is 8.20. The molecular weight excluding hydrogens is 322 g/mol. The molecule has 7 heteroatoms. The zero-order chi connectivity index (χ0) is 12.8. The number of methoxy groups -OCH3 is 1. The molecule has 5 nitrogen and oxygen atoms in total. The van der Waals surface area contributed by atoms with Gasteiger partial charge in [-0.25, -0.2) is 4.79 Å². The summed E-state index contributed by atoms with van der Waals surface area (Å²) < 4.78 is 11.3. The number of aromatic nitrogens is 1. The van der Waals surface area contributed by atoms with Crippen LogP contribution in [0.25, 0.3) is 0 Å². The molecule has 0 unspecified atom stereocenters. The van der Waals surface area contributed by atoms with Crippen LogP contribution in [0.3, 0.4) is 0 Å². The summed E-state index contributed by atoms with van der Waals surface area (Å²) in [6, 6.07) is 0. The summed E-state index contributed by atoms with van der Waals surface area (Å²) >= 11 is 1.54. The van der Waals surface area contributed by atoms with Crippen molar-refractivity contribution in [1.82, 2.24) is 0 Å². The van der Waals surface area contributed by atoms with E-state index < -0.39 is 0 Å². The molecule has 1 rings (SSSR count). The van der Waals surface area contributed by atoms with Crippen molar-refractivity contribution < 1.29 is 40.6 Å². The van der Waals surface area contributed by atoms with Crippen LogP contribution in [0.5, 0.6) is 0 Å². The second-order valence-electron chi connectivity index (χ2n) is 3.53. The van der Waals surface area contributed by atoms with E-state index in [2.05, 4.69) is 4.74 Å². The number of halogens is 1. The number of ether oxygens (including phenoxy) is 2. The fraction of sp³-hybridized carbons (Fsp3) is 0.545. The Balaban J connectivity index is 0.00000289. The van der Waals surface area contributed by atoms with Crippen LogP contribution in [0.4, 0.5) is 0 Å². The Bertz CT molecular complexity index is 419. The van der Waals surface area contributed by atoms with Crippen LogP contribution < -0.4 is 21.5 Å². The first-order chi connectivity index (χ1) is 8.04. The first-order valence-electron chi connectivity index (χ1n) is 5.21. The number of carbonyl (C=O) groups is 2. The number of thiazole rings is 1. The van der Waals surface area contributed by atoms with Crippen molar-refractivity contribution in [3.05, 3.63) is 16.1 Å². The summed E-state index contributed by atoms with van der Waals surface area (Å²) in [6.07, 6.45) is 0.671. The van der Waals surface area contributed by atoms with Gasteiger partial charge in [-0.15, -0.1) is 0 Å². The molecule has 0 amide bonds. The topological polar surface area (TPSA) is 56.5 Å². The van der Waals surface area contributed by atoms with Crippen molar-refractivity contribution in [2.24, 2.45) is 0 Å². The lowest BCUT2D eigenvalue weighted by atomic mass is 10.3. The van der Waals surface area contributed by atoms with E-state index in [0.29, 0.717) is 13.0 Å². The van der Waals surface area contributed by atoms with Crippen LogP contribution in [0.2, 0.25) is 0 Å². The molecule has 1 aromatic heterocycles. The second-order valence-corrected chi connectivity index (χ2v) is 4.47. The Hall–Kier alpha value is -0.950. The summed E-state index contributed by atoms with van der Waals surface area (Å²) in [4.78, 5) is 22.9. The first-order valence-corrected chi connectivity index (χ1v) is 6.09. The number of rotatable bonds is 5. The van der Waals surface area contributed by atoms with Gasteiger partial charge in [-0.2, -0.15) is 4.57 Å². The minimum atomic E-state index is -0.276. The van der Waals surface area contributed by atoms with Crippen LogP contribution in [0, 0.1) is 6.92 Å². The van der Waals surface area contributed by atoms with Crippen LogP contribution >= 0.6 is 11.3 Å². The molecule has 1 aromatic rings. The highest BCUT2D eigenvalue weighted by Gasteiger charge is 2.18. The predicted molar refractivity (Wildman–Crippen MR) is 61.6 cm³/mol. The third-order valence-electron chi connectivity index (χ3n) is 2.32. The lowest BCUT2D eigenvalue weighted by Gasteiger charge is -1.99. The molecule has 18 heavy (non-hydrogen) atoms. The third-order valence-corrected chi connectivity index (χ3v) is 3.46. The summed E-state index contributed by atoms with van der Waals surface area (Å²) in [6.45, 7) is 3.91. The van der Waals surface area contributed by atoms with E-state index in [1.54, 1.807) is 11.3 Å². The van der Waals surface area contributed by atoms with Gasteiger partial charge >= 0.3 is 11.9 Å². The lowest BCUT2D eigenvalue weighted by Crippen LogP contribution is -3.00. The van der Waals surface area contributed by atoms with Crippen molar-refractivity contribution in [1.29, 1.82) is 0 Å². The van der Waals surface area contributed by atoms with Gasteiger partial charge in [0.15, 0.2) is 5.69 Å². The summed E-state index contributed by atoms with van der Waals surface area (Å²) in [5, 5.41) is 0. The summed E-state index contributed by atoms with van der Waals surface area (Å²) in [7, 11) is 1.37. The maximum absolute atomic E-state index is 11.1. The van der Waals surface area contributed by atoms with E-state index in [9.17, 15) is 9.59 Å². The quantitative estimate of drug-likeness (QED) is 0.445. The van der Waals surface area contributed by atoms with Crippen molar-refractivity contribution in [2.45, 2.75) is 26.8 Å². The molecular formula is C11H16BrNO4S. The normalized spacial score (nSPS) is 9.50. The molecule has 0 aliphatic rings. The Labute approximate surface area is 120 Å². The minimum absolute atomic E-state index is 0. The van der Waals surface area contributed by atoms with E-state index >= 15 is 0 Å². The molecule has 102 valence electrons. The Morgan fingerprint density at radius 3 is 2.67 bits per heavy atom. The molecule has 0 N–H and O–H groups in total. The lowest BCUT2D eigenvalue weighted by molar-refractivity contribution is -0.687. The fourth-order valence-electron chi connectivity index (χ4n) is 1.34. The van der Waals surface area contributed by atoms with Gasteiger partial charge in [0.2, 0.25) is 12.1 Å². The van der Waals surface area contributed by atoms with E-state index in [-0.39, 0.29) is 35.5 Å². The van der Waals surface area contributed by atoms with Gasteiger partial charge in [0, 0.05) is 20.3 Å². The number of carbonyl (C=O) groups excluding carboxylic acids is 2. The largest absolute Gasteiger partial charge is 1.00 e. The summed E-state index contributed by atoms with van der Waals surface area (Å²) in [5.41, 5.74) is 2.88. The van der Waals surface area contributed by atoms with Crippen LogP contribution in [-0.4, -0.2) is 25.7 Å². The number of esters is 2. The molecule has 0 aromatic carbocycles. The Morgan fingerprint density at radius 1 is 1.44 bits per heavy atom. The number of hydrogen-bond donors (Lipinski definition) is 0. The molecule has 1 heterocycles. The summed E-state index contributed by atoms with van der Waals surface area (Å²) in [5.74, 6) is -0.552. The maximum Gasteiger partial charge on any atom is 0.372 e. The smallest absolute Gasteiger partial charge is 0.372 e. The van der Waals surface area contributed by atoms with E-state index in [1.807, 2.05) is 17.0 Å². The van der Waals surface area contributed by atoms with Gasteiger partial charge in [0.1, 0.15) is 0 Å². The molecule has 0 saturated carbocycles. The highest BCUT2D eigenvalue weighted by Crippen LogP contribution is 2.11. The molecule has 0 spiro atoms. The first kappa shape index (κ1) is 17.1. The van der Waals surface area contributed by atoms with Crippen molar-refractivity contribution in [2.75, 3.05) is 13.7 Å². The molecule has 0 atom stereocenters. The van der Waals surface area contributed by atoms with Crippen LogP contribution in [0.15, 0.2) is 5.51 Å². The van der Waals surface area contributed by atoms with Gasteiger partial charge in [-0.3, -0.25) is 4.79 Å². The number of nitrogens with zero attached hydrogens (tertiary/aromatic N) is 1. The molecule has 0 aliphatic heterocycles. The zero-order valence-electron chi connectivity index (χ0n) is 10.6. The van der Waals surface area contributed by atoms with Gasteiger partial charge < -0.3 is 26.5 Å². The minimum Gasteiger partial charge on any atom is -1.00 e. The molecule has 0 aliphatic carbocycles. The SMILES string of the molecule is COC(=O)C[n+]1csc(CCOC(C)=O)c1C.[Br-]. The standard InChI is InChI=1S/C11H16NO4S.BrH/c1-8-10(4-5-16-9(2)13)17-7-12(8)6-11(14)15-3;/h7H,4-6H2,1-3H3;1H/q+1;/p-1. The molecule has 0 bridgehead atoms. The van der Waals surface area contributed by atoms with Gasteiger partial charge in [-0.1, -0.05) is 11.3 Å². The number of hydrogen-bond acceptors (Lipinski definition) is 5. The van der Waals surface area contributed by atoms with Crippen molar-refractivity contribution >= 4 is 23.3 Å². The molecule has 0 fully saturated rings. The average Bonchev–Trinajstić information content (AvgIpc) is 2.61. The third kappa shape index (κ3) is 5.14. The van der Waals surface area contributed by atoms with Crippen molar-refractivity contribution in [3.8, 4) is 0 Å². The van der Waals surface area contributed by atoms with E-state index in [4.69, 9.17) is 4.74 Å². The maximum atomic E-state index is 11.1. The average molecular weight is 338 g/mol. The fourth-order valence-corrected chi connectivity index (χ4v) is 2.31. The monoisotopic (exact) mass is 337 g/mol. The zero-order valence-corrected chi connectivity index (χ0v) is 13.0. The van der Waals surface area contributed by atoms with E-state index in [0.717, 1.165) is 10.6 Å². The van der Waals surface area contributed by atoms with Crippen LogP contribution in [0.1, 0.15) is 17.5 Å². The highest BCUT2D eigenvalue weighted by atomic mass is 79.9. The Kier molecular flexibility index (Phi) is 7.77. The molecule has 0 radical (unpaired) electrons. The van der Waals surface area contributed by atoms with Gasteiger partial charge in [0.25, 0.3) is 0 Å².